The smallest absolute Gasteiger partial charge is 0.245 e. The Bertz CT molecular complexity index is 308. The van der Waals surface area contributed by atoms with Crippen LogP contribution in [0.4, 0.5) is 0 Å². The summed E-state index contributed by atoms with van der Waals surface area (Å²) in [5.74, 6) is 0.0444. The average molecular weight is 224 g/mol. The van der Waals surface area contributed by atoms with E-state index >= 15 is 0 Å². The van der Waals surface area contributed by atoms with E-state index in [2.05, 4.69) is 12.2 Å². The highest BCUT2D eigenvalue weighted by Crippen LogP contribution is 2.34. The predicted molar refractivity (Wildman–Crippen MR) is 60.8 cm³/mol. The number of amides is 2. The van der Waals surface area contributed by atoms with Crippen LogP contribution in [-0.2, 0) is 9.59 Å². The maximum Gasteiger partial charge on any atom is 0.245 e. The molecule has 0 spiro atoms. The van der Waals surface area contributed by atoms with Crippen molar-refractivity contribution in [3.05, 3.63) is 0 Å². The minimum absolute atomic E-state index is 0.0288. The molecule has 1 saturated carbocycles. The topological polar surface area (TPSA) is 49.4 Å². The normalized spacial score (nSPS) is 30.1. The molecule has 1 unspecified atom stereocenters. The highest BCUT2D eigenvalue weighted by Gasteiger charge is 2.41. The van der Waals surface area contributed by atoms with Crippen LogP contribution < -0.4 is 5.32 Å². The zero-order valence-corrected chi connectivity index (χ0v) is 10.1. The summed E-state index contributed by atoms with van der Waals surface area (Å²) in [5.41, 5.74) is -0.0959. The third-order valence-electron chi connectivity index (χ3n) is 3.90. The number of carbonyl (C=O) groups is 2. The van der Waals surface area contributed by atoms with Crippen molar-refractivity contribution in [1.29, 1.82) is 0 Å². The molecule has 2 fully saturated rings. The molecule has 0 aromatic carbocycles. The molecule has 1 N–H and O–H groups in total. The van der Waals surface area contributed by atoms with E-state index in [-0.39, 0.29) is 29.9 Å². The molecule has 4 nitrogen and oxygen atoms in total. The van der Waals surface area contributed by atoms with Crippen LogP contribution >= 0.6 is 0 Å². The van der Waals surface area contributed by atoms with Crippen LogP contribution in [0.15, 0.2) is 0 Å². The zero-order valence-electron chi connectivity index (χ0n) is 10.1. The van der Waals surface area contributed by atoms with E-state index in [0.29, 0.717) is 0 Å². The lowest BCUT2D eigenvalue weighted by molar-refractivity contribution is -0.151. The molecule has 2 aliphatic rings. The summed E-state index contributed by atoms with van der Waals surface area (Å²) in [7, 11) is 0. The van der Waals surface area contributed by atoms with Gasteiger partial charge in [-0.25, -0.2) is 0 Å². The fourth-order valence-electron chi connectivity index (χ4n) is 2.84. The Morgan fingerprint density at radius 3 is 2.50 bits per heavy atom. The highest BCUT2D eigenvalue weighted by molar-refractivity contribution is 5.95. The van der Waals surface area contributed by atoms with Crippen LogP contribution in [-0.4, -0.2) is 34.8 Å². The van der Waals surface area contributed by atoms with Crippen LogP contribution in [0.25, 0.3) is 0 Å². The van der Waals surface area contributed by atoms with Crippen LogP contribution in [0.1, 0.15) is 46.0 Å². The summed E-state index contributed by atoms with van der Waals surface area (Å²) in [6.45, 7) is 4.12. The first-order valence-electron chi connectivity index (χ1n) is 6.14. The fourth-order valence-corrected chi connectivity index (χ4v) is 2.84. The summed E-state index contributed by atoms with van der Waals surface area (Å²) >= 11 is 0. The minimum atomic E-state index is -0.361. The highest BCUT2D eigenvalue weighted by atomic mass is 16.2. The number of nitrogens with zero attached hydrogens (tertiary/aromatic N) is 1. The molecule has 0 bridgehead atoms. The van der Waals surface area contributed by atoms with Gasteiger partial charge in [0.25, 0.3) is 0 Å². The fraction of sp³-hybridized carbons (Fsp3) is 0.833. The maximum absolute atomic E-state index is 12.1. The molecule has 16 heavy (non-hydrogen) atoms. The molecule has 1 heterocycles. The third kappa shape index (κ3) is 1.93. The molecule has 0 aromatic rings. The summed E-state index contributed by atoms with van der Waals surface area (Å²) in [5, 5.41) is 2.69. The summed E-state index contributed by atoms with van der Waals surface area (Å²) in [6.07, 6.45) is 5.63. The van der Waals surface area contributed by atoms with E-state index in [1.165, 1.54) is 6.42 Å². The summed E-state index contributed by atoms with van der Waals surface area (Å²) < 4.78 is 0. The van der Waals surface area contributed by atoms with Gasteiger partial charge in [-0.15, -0.1) is 0 Å². The maximum atomic E-state index is 12.1. The van der Waals surface area contributed by atoms with E-state index in [0.717, 1.165) is 25.7 Å². The number of rotatable bonds is 1. The molecule has 1 saturated heterocycles. The van der Waals surface area contributed by atoms with Crippen molar-refractivity contribution >= 4 is 11.8 Å². The SMILES string of the molecule is CC1NC(=O)CN(C2(C)CCCCC2)C1=O. The second kappa shape index (κ2) is 4.07. The van der Waals surface area contributed by atoms with Gasteiger partial charge < -0.3 is 10.2 Å². The predicted octanol–water partition coefficient (Wildman–Crippen LogP) is 1.06. The Kier molecular flexibility index (Phi) is 2.91. The van der Waals surface area contributed by atoms with Crippen molar-refractivity contribution in [2.24, 2.45) is 0 Å². The monoisotopic (exact) mass is 224 g/mol. The Morgan fingerprint density at radius 2 is 1.88 bits per heavy atom. The van der Waals surface area contributed by atoms with Gasteiger partial charge in [-0.3, -0.25) is 9.59 Å². The molecule has 1 aliphatic carbocycles. The molecule has 4 heteroatoms. The largest absolute Gasteiger partial charge is 0.343 e. The Morgan fingerprint density at radius 1 is 1.25 bits per heavy atom. The average Bonchev–Trinajstić information content (AvgIpc) is 2.24. The lowest BCUT2D eigenvalue weighted by atomic mass is 9.81. The molecule has 0 radical (unpaired) electrons. The molecule has 2 rings (SSSR count). The van der Waals surface area contributed by atoms with Crippen LogP contribution in [0, 0.1) is 0 Å². The number of carbonyl (C=O) groups excluding carboxylic acids is 2. The Labute approximate surface area is 96.4 Å². The van der Waals surface area contributed by atoms with E-state index in [1.54, 1.807) is 11.8 Å². The van der Waals surface area contributed by atoms with Crippen LogP contribution in [0.5, 0.6) is 0 Å². The second-order valence-electron chi connectivity index (χ2n) is 5.27. The molecular formula is C12H20N2O2. The number of piperazine rings is 1. The first-order valence-corrected chi connectivity index (χ1v) is 6.14. The second-order valence-corrected chi connectivity index (χ2v) is 5.27. The van der Waals surface area contributed by atoms with Crippen molar-refractivity contribution in [2.45, 2.75) is 57.5 Å². The van der Waals surface area contributed by atoms with Gasteiger partial charge in [-0.2, -0.15) is 0 Å². The Balaban J connectivity index is 2.17. The standard InChI is InChI=1S/C12H20N2O2/c1-9-11(16)14(8-10(15)13-9)12(2)6-4-3-5-7-12/h9H,3-8H2,1-2H3,(H,13,15). The number of nitrogens with one attached hydrogen (secondary N) is 1. The van der Waals surface area contributed by atoms with Gasteiger partial charge in [0.15, 0.2) is 0 Å². The van der Waals surface area contributed by atoms with Gasteiger partial charge in [0.1, 0.15) is 12.6 Å². The summed E-state index contributed by atoms with van der Waals surface area (Å²) in [4.78, 5) is 25.4. The van der Waals surface area contributed by atoms with E-state index in [1.807, 2.05) is 0 Å². The molecular weight excluding hydrogens is 204 g/mol. The van der Waals surface area contributed by atoms with Crippen molar-refractivity contribution in [2.75, 3.05) is 6.54 Å². The third-order valence-corrected chi connectivity index (χ3v) is 3.90. The van der Waals surface area contributed by atoms with Crippen LogP contribution in [0.3, 0.4) is 0 Å². The van der Waals surface area contributed by atoms with Gasteiger partial charge in [0.05, 0.1) is 0 Å². The van der Waals surface area contributed by atoms with Crippen molar-refractivity contribution in [3.63, 3.8) is 0 Å². The van der Waals surface area contributed by atoms with E-state index in [9.17, 15) is 9.59 Å². The van der Waals surface area contributed by atoms with Crippen molar-refractivity contribution in [3.8, 4) is 0 Å². The lowest BCUT2D eigenvalue weighted by Gasteiger charge is -2.46. The van der Waals surface area contributed by atoms with E-state index < -0.39 is 0 Å². The van der Waals surface area contributed by atoms with Crippen LogP contribution in [0.2, 0.25) is 0 Å². The first-order chi connectivity index (χ1) is 7.53. The molecule has 90 valence electrons. The molecule has 1 aliphatic heterocycles. The van der Waals surface area contributed by atoms with Crippen molar-refractivity contribution < 1.29 is 9.59 Å². The zero-order chi connectivity index (χ0) is 11.8. The Hall–Kier alpha value is -1.06. The molecule has 0 aromatic heterocycles. The minimum Gasteiger partial charge on any atom is -0.343 e. The summed E-state index contributed by atoms with van der Waals surface area (Å²) in [6, 6.07) is -0.361. The number of hydrogen-bond acceptors (Lipinski definition) is 2. The first kappa shape index (κ1) is 11.4. The van der Waals surface area contributed by atoms with Gasteiger partial charge in [0, 0.05) is 5.54 Å². The van der Waals surface area contributed by atoms with Gasteiger partial charge >= 0.3 is 0 Å². The molecule has 2 amide bonds. The van der Waals surface area contributed by atoms with Gasteiger partial charge in [0.2, 0.25) is 11.8 Å². The van der Waals surface area contributed by atoms with E-state index in [4.69, 9.17) is 0 Å². The molecule has 1 atom stereocenters. The van der Waals surface area contributed by atoms with Crippen molar-refractivity contribution in [1.82, 2.24) is 10.2 Å². The lowest BCUT2D eigenvalue weighted by Crippen LogP contribution is -2.63. The van der Waals surface area contributed by atoms with Gasteiger partial charge in [-0.1, -0.05) is 19.3 Å². The van der Waals surface area contributed by atoms with Gasteiger partial charge in [-0.05, 0) is 26.7 Å². The number of hydrogen-bond donors (Lipinski definition) is 1. The quantitative estimate of drug-likeness (QED) is 0.724.